The molecule has 39 heavy (non-hydrogen) atoms. The van der Waals surface area contributed by atoms with Gasteiger partial charge in [-0.05, 0) is 68.1 Å². The molecule has 1 fully saturated rings. The number of nitrogens with one attached hydrogen (secondary N) is 1. The highest BCUT2D eigenvalue weighted by Gasteiger charge is 2.73. The number of benzene rings is 2. The molecule has 5 nitrogen and oxygen atoms in total. The molecule has 0 aromatic heterocycles. The maximum absolute atomic E-state index is 13.5. The molecule has 0 bridgehead atoms. The van der Waals surface area contributed by atoms with Gasteiger partial charge in [0.1, 0.15) is 5.75 Å². The van der Waals surface area contributed by atoms with E-state index < -0.39 is 30.6 Å². The summed E-state index contributed by atoms with van der Waals surface area (Å²) < 4.78 is 99.2. The third-order valence-electron chi connectivity index (χ3n) is 6.89. The first-order valence-electron chi connectivity index (χ1n) is 12.4. The van der Waals surface area contributed by atoms with Crippen LogP contribution in [0.25, 0.3) is 0 Å². The van der Waals surface area contributed by atoms with Crippen molar-refractivity contribution in [2.45, 2.75) is 75.8 Å². The van der Waals surface area contributed by atoms with Crippen molar-refractivity contribution in [2.75, 3.05) is 19.0 Å². The van der Waals surface area contributed by atoms with Crippen LogP contribution in [0.3, 0.4) is 0 Å². The summed E-state index contributed by atoms with van der Waals surface area (Å²) in [5, 5.41) is 3.38. The van der Waals surface area contributed by atoms with Gasteiger partial charge in [-0.3, -0.25) is 4.90 Å². The number of nitrogens with zero attached hydrogens (tertiary/aromatic N) is 1. The molecule has 3 rings (SSSR count). The molecule has 0 radical (unpaired) electrons. The summed E-state index contributed by atoms with van der Waals surface area (Å²) in [5.74, 6) is -12.3. The molecule has 216 valence electrons. The van der Waals surface area contributed by atoms with Crippen molar-refractivity contribution in [1.29, 1.82) is 0 Å². The van der Waals surface area contributed by atoms with Crippen molar-refractivity contribution < 1.29 is 45.0 Å². The first-order chi connectivity index (χ1) is 18.2. The van der Waals surface area contributed by atoms with Crippen molar-refractivity contribution in [1.82, 2.24) is 4.90 Å². The summed E-state index contributed by atoms with van der Waals surface area (Å²) in [5.41, 5.74) is 2.18. The number of carbonyl (C=O) groups excluding carboxylic acids is 1. The largest absolute Gasteiger partial charge is 0.487 e. The zero-order chi connectivity index (χ0) is 29.0. The third kappa shape index (κ3) is 7.14. The van der Waals surface area contributed by atoms with E-state index in [2.05, 4.69) is 28.8 Å². The smallest absolute Gasteiger partial charge is 0.460 e. The first kappa shape index (κ1) is 30.5. The number of rotatable bonds is 10. The Balaban J connectivity index is 1.57. The quantitative estimate of drug-likeness (QED) is 0.251. The Bertz CT molecular complexity index is 1090. The van der Waals surface area contributed by atoms with Crippen LogP contribution in [-0.2, 0) is 11.3 Å². The van der Waals surface area contributed by atoms with E-state index in [1.807, 2.05) is 12.1 Å². The van der Waals surface area contributed by atoms with Gasteiger partial charge in [0.15, 0.2) is 6.61 Å². The summed E-state index contributed by atoms with van der Waals surface area (Å²) in [6, 6.07) is 13.3. The van der Waals surface area contributed by atoms with E-state index in [0.717, 1.165) is 24.8 Å². The van der Waals surface area contributed by atoms with Gasteiger partial charge in [0.05, 0.1) is 12.7 Å². The van der Waals surface area contributed by atoms with E-state index in [4.69, 9.17) is 4.74 Å². The molecule has 1 heterocycles. The molecule has 0 amide bonds. The zero-order valence-corrected chi connectivity index (χ0v) is 21.7. The first-order valence-corrected chi connectivity index (χ1v) is 12.4. The topological polar surface area (TPSA) is 50.8 Å². The minimum Gasteiger partial charge on any atom is -0.487 e. The van der Waals surface area contributed by atoms with Gasteiger partial charge in [-0.15, -0.1) is 0 Å². The second-order valence-corrected chi connectivity index (χ2v) is 9.67. The minimum absolute atomic E-state index is 0.0875. The summed E-state index contributed by atoms with van der Waals surface area (Å²) >= 11 is 0. The fourth-order valence-corrected chi connectivity index (χ4v) is 4.70. The molecular weight excluding hydrogens is 533 g/mol. The van der Waals surface area contributed by atoms with Crippen LogP contribution >= 0.6 is 0 Å². The minimum atomic E-state index is -6.40. The Morgan fingerprint density at radius 1 is 0.974 bits per heavy atom. The lowest BCUT2D eigenvalue weighted by molar-refractivity contribution is -0.358. The van der Waals surface area contributed by atoms with E-state index in [-0.39, 0.29) is 23.9 Å². The molecule has 3 unspecified atom stereocenters. The molecule has 0 spiro atoms. The van der Waals surface area contributed by atoms with E-state index in [1.54, 1.807) is 12.1 Å². The average molecular weight is 565 g/mol. The molecule has 1 aliphatic rings. The summed E-state index contributed by atoms with van der Waals surface area (Å²) in [6.45, 7) is 2.80. The van der Waals surface area contributed by atoms with Gasteiger partial charge in [0, 0.05) is 30.4 Å². The number of anilines is 1. The highest BCUT2D eigenvalue weighted by molar-refractivity contribution is 5.89. The Kier molecular flexibility index (Phi) is 9.40. The predicted octanol–water partition coefficient (Wildman–Crippen LogP) is 6.93. The Labute approximate surface area is 222 Å². The lowest BCUT2D eigenvalue weighted by Crippen LogP contribution is -2.54. The van der Waals surface area contributed by atoms with Crippen LogP contribution in [-0.4, -0.2) is 60.7 Å². The van der Waals surface area contributed by atoms with Crippen LogP contribution in [0.15, 0.2) is 48.5 Å². The van der Waals surface area contributed by atoms with Crippen molar-refractivity contribution in [3.8, 4) is 5.75 Å². The van der Waals surface area contributed by atoms with Gasteiger partial charge in [-0.1, -0.05) is 19.1 Å². The van der Waals surface area contributed by atoms with Crippen LogP contribution in [0.1, 0.15) is 49.0 Å². The average Bonchev–Trinajstić information content (AvgIpc) is 2.88. The summed E-state index contributed by atoms with van der Waals surface area (Å²) in [7, 11) is 1.33. The number of piperidine rings is 1. The number of esters is 1. The number of carbonyl (C=O) groups is 1. The van der Waals surface area contributed by atoms with Crippen molar-refractivity contribution in [2.24, 2.45) is 0 Å². The van der Waals surface area contributed by atoms with Crippen LogP contribution in [0.4, 0.5) is 36.4 Å². The van der Waals surface area contributed by atoms with Crippen LogP contribution in [0.2, 0.25) is 0 Å². The second-order valence-electron chi connectivity index (χ2n) is 9.67. The second kappa shape index (κ2) is 12.0. The monoisotopic (exact) mass is 564 g/mol. The van der Waals surface area contributed by atoms with Crippen molar-refractivity contribution >= 4 is 11.7 Å². The Morgan fingerprint density at radius 2 is 1.59 bits per heavy atom. The maximum atomic E-state index is 13.5. The number of halogens is 7. The van der Waals surface area contributed by atoms with Crippen LogP contribution in [0.5, 0.6) is 5.75 Å². The molecular formula is C27H31F7N2O3. The fraction of sp³-hybridized carbons (Fsp3) is 0.519. The maximum Gasteiger partial charge on any atom is 0.460 e. The molecule has 2 aromatic rings. The number of likely N-dealkylation sites (tertiary alicyclic amines) is 1. The molecule has 1 N–H and O–H groups in total. The Hall–Kier alpha value is -3.02. The number of hydrogen-bond acceptors (Lipinski definition) is 5. The highest BCUT2D eigenvalue weighted by atomic mass is 19.4. The summed E-state index contributed by atoms with van der Waals surface area (Å²) in [6.07, 6.45) is -3.88. The van der Waals surface area contributed by atoms with E-state index in [0.29, 0.717) is 17.8 Å². The molecule has 0 saturated carbocycles. The zero-order valence-electron chi connectivity index (χ0n) is 21.7. The molecule has 1 saturated heterocycles. The number of alkyl halides is 7. The number of hydrogen-bond donors (Lipinski definition) is 1. The molecule has 12 heteroatoms. The van der Waals surface area contributed by atoms with Gasteiger partial charge < -0.3 is 14.8 Å². The molecule has 3 atom stereocenters. The molecule has 2 aromatic carbocycles. The van der Waals surface area contributed by atoms with Gasteiger partial charge in [-0.2, -0.15) is 30.7 Å². The van der Waals surface area contributed by atoms with Gasteiger partial charge in [0.25, 0.3) is 0 Å². The van der Waals surface area contributed by atoms with Crippen LogP contribution < -0.4 is 10.1 Å². The highest BCUT2D eigenvalue weighted by Crippen LogP contribution is 2.46. The fourth-order valence-electron chi connectivity index (χ4n) is 4.70. The van der Waals surface area contributed by atoms with Gasteiger partial charge in [0.2, 0.25) is 0 Å². The lowest BCUT2D eigenvalue weighted by Gasteiger charge is -2.44. The van der Waals surface area contributed by atoms with E-state index in [9.17, 15) is 35.5 Å². The predicted molar refractivity (Wildman–Crippen MR) is 131 cm³/mol. The van der Waals surface area contributed by atoms with Gasteiger partial charge in [-0.25, -0.2) is 4.79 Å². The van der Waals surface area contributed by atoms with Crippen molar-refractivity contribution in [3.05, 3.63) is 59.7 Å². The normalized spacial score (nSPS) is 20.9. The van der Waals surface area contributed by atoms with E-state index >= 15 is 0 Å². The lowest BCUT2D eigenvalue weighted by atomic mass is 9.89. The SMILES string of the molecule is CCC1CC(Nc2ccc(OCC(F)(F)C(F)(F)C(F)(F)F)cc2)CC(C)N1Cc1ccc(C(=O)OC)cc1. The number of methoxy groups -OCH3 is 1. The molecule has 0 aliphatic carbocycles. The van der Waals surface area contributed by atoms with Gasteiger partial charge >= 0.3 is 24.0 Å². The van der Waals surface area contributed by atoms with E-state index in [1.165, 1.54) is 31.4 Å². The van der Waals surface area contributed by atoms with Crippen LogP contribution in [0, 0.1) is 0 Å². The molecule has 1 aliphatic heterocycles. The standard InChI is InChI=1S/C27H31F7N2O3/c1-4-22-14-21(13-17(2)36(22)15-18-5-7-19(8-6-18)24(37)38-3)35-20-9-11-23(12-10-20)39-16-25(28,29)26(30,31)27(32,33)34/h5-12,17,21-22,35H,4,13-16H2,1-3H3. The van der Waals surface area contributed by atoms with Crippen molar-refractivity contribution in [3.63, 3.8) is 0 Å². The summed E-state index contributed by atoms with van der Waals surface area (Å²) in [4.78, 5) is 14.1. The Morgan fingerprint density at radius 3 is 2.13 bits per heavy atom. The number of ether oxygens (including phenoxy) is 2. The third-order valence-corrected chi connectivity index (χ3v) is 6.89.